The zero-order valence-electron chi connectivity index (χ0n) is 11.2. The molecule has 0 aliphatic heterocycles. The molecule has 0 bridgehead atoms. The number of pyridine rings is 1. The number of benzene rings is 1. The minimum atomic E-state index is -0.947. The van der Waals surface area contributed by atoms with Gasteiger partial charge in [-0.05, 0) is 5.92 Å². The van der Waals surface area contributed by atoms with E-state index in [1.54, 1.807) is 0 Å². The second-order valence-electron chi connectivity index (χ2n) is 4.77. The molecule has 0 saturated carbocycles. The Morgan fingerprint density at radius 3 is 2.68 bits per heavy atom. The predicted octanol–water partition coefficient (Wildman–Crippen LogP) is 3.39. The van der Waals surface area contributed by atoms with Gasteiger partial charge in [0, 0.05) is 23.5 Å². The van der Waals surface area contributed by atoms with Gasteiger partial charge in [-0.1, -0.05) is 44.5 Å². The molecule has 0 aliphatic carbocycles. The number of carbonyl (C=O) groups is 1. The maximum atomic E-state index is 11.2. The second-order valence-corrected chi connectivity index (χ2v) is 4.77. The number of hydrogen-bond acceptors (Lipinski definition) is 3. The van der Waals surface area contributed by atoms with Gasteiger partial charge in [0.25, 0.3) is 0 Å². The van der Waals surface area contributed by atoms with Crippen LogP contribution in [-0.4, -0.2) is 22.6 Å². The van der Waals surface area contributed by atoms with Gasteiger partial charge >= 0.3 is 5.97 Å². The van der Waals surface area contributed by atoms with Crippen molar-refractivity contribution in [3.63, 3.8) is 0 Å². The number of carboxylic acid groups (broad SMARTS) is 1. The fraction of sp³-hybridized carbons (Fsp3) is 0.333. The Morgan fingerprint density at radius 2 is 2.05 bits per heavy atom. The van der Waals surface area contributed by atoms with Crippen molar-refractivity contribution in [2.75, 3.05) is 11.9 Å². The Labute approximate surface area is 112 Å². The Bertz CT molecular complexity index is 596. The molecule has 0 aliphatic rings. The SMILES string of the molecule is CCC(C)CNc1ncc(C(=O)O)c2ccccc12. The monoisotopic (exact) mass is 258 g/mol. The van der Waals surface area contributed by atoms with Crippen molar-refractivity contribution in [1.29, 1.82) is 0 Å². The third-order valence-electron chi connectivity index (χ3n) is 3.34. The van der Waals surface area contributed by atoms with Crippen LogP contribution in [0.4, 0.5) is 5.82 Å². The molecule has 1 unspecified atom stereocenters. The van der Waals surface area contributed by atoms with Gasteiger partial charge in [-0.3, -0.25) is 0 Å². The van der Waals surface area contributed by atoms with E-state index in [-0.39, 0.29) is 5.56 Å². The van der Waals surface area contributed by atoms with Gasteiger partial charge in [0.1, 0.15) is 5.82 Å². The van der Waals surface area contributed by atoms with Crippen molar-refractivity contribution in [1.82, 2.24) is 4.98 Å². The van der Waals surface area contributed by atoms with Gasteiger partial charge in [0.15, 0.2) is 0 Å². The lowest BCUT2D eigenvalue weighted by Crippen LogP contribution is -2.12. The van der Waals surface area contributed by atoms with Crippen LogP contribution in [0.1, 0.15) is 30.6 Å². The summed E-state index contributed by atoms with van der Waals surface area (Å²) in [5.74, 6) is 0.359. The minimum Gasteiger partial charge on any atom is -0.478 e. The molecule has 0 saturated heterocycles. The Morgan fingerprint density at radius 1 is 1.37 bits per heavy atom. The van der Waals surface area contributed by atoms with E-state index in [1.165, 1.54) is 6.20 Å². The zero-order valence-corrected chi connectivity index (χ0v) is 11.2. The second kappa shape index (κ2) is 5.69. The first-order valence-corrected chi connectivity index (χ1v) is 6.48. The fourth-order valence-corrected chi connectivity index (χ4v) is 1.92. The van der Waals surface area contributed by atoms with Crippen LogP contribution in [-0.2, 0) is 0 Å². The lowest BCUT2D eigenvalue weighted by Gasteiger charge is -2.13. The van der Waals surface area contributed by atoms with E-state index in [0.29, 0.717) is 5.92 Å². The number of aromatic carboxylic acids is 1. The molecule has 1 heterocycles. The Kier molecular flexibility index (Phi) is 4.00. The van der Waals surface area contributed by atoms with E-state index in [1.807, 2.05) is 24.3 Å². The van der Waals surface area contributed by atoms with Gasteiger partial charge < -0.3 is 10.4 Å². The molecule has 4 nitrogen and oxygen atoms in total. The average molecular weight is 258 g/mol. The highest BCUT2D eigenvalue weighted by Crippen LogP contribution is 2.24. The van der Waals surface area contributed by atoms with E-state index >= 15 is 0 Å². The molecular weight excluding hydrogens is 240 g/mol. The van der Waals surface area contributed by atoms with Crippen molar-refractivity contribution in [2.24, 2.45) is 5.92 Å². The van der Waals surface area contributed by atoms with Gasteiger partial charge in [-0.15, -0.1) is 0 Å². The number of aromatic nitrogens is 1. The predicted molar refractivity (Wildman–Crippen MR) is 76.6 cm³/mol. The number of hydrogen-bond donors (Lipinski definition) is 2. The zero-order chi connectivity index (χ0) is 13.8. The summed E-state index contributed by atoms with van der Waals surface area (Å²) < 4.78 is 0. The van der Waals surface area contributed by atoms with Crippen LogP contribution in [0.2, 0.25) is 0 Å². The summed E-state index contributed by atoms with van der Waals surface area (Å²) in [6, 6.07) is 7.44. The molecular formula is C15H18N2O2. The molecule has 4 heteroatoms. The third-order valence-corrected chi connectivity index (χ3v) is 3.34. The van der Waals surface area contributed by atoms with Gasteiger partial charge in [-0.2, -0.15) is 0 Å². The normalized spacial score (nSPS) is 12.3. The molecule has 100 valence electrons. The minimum absolute atomic E-state index is 0.240. The maximum absolute atomic E-state index is 11.2. The van der Waals surface area contributed by atoms with Crippen LogP contribution in [0.15, 0.2) is 30.5 Å². The summed E-state index contributed by atoms with van der Waals surface area (Å²) in [4.78, 5) is 15.4. The van der Waals surface area contributed by atoms with Crippen molar-refractivity contribution >= 4 is 22.6 Å². The van der Waals surface area contributed by atoms with Crippen LogP contribution >= 0.6 is 0 Å². The van der Waals surface area contributed by atoms with Crippen molar-refractivity contribution in [3.8, 4) is 0 Å². The van der Waals surface area contributed by atoms with E-state index in [4.69, 9.17) is 5.11 Å². The molecule has 0 amide bonds. The number of carboxylic acids is 1. The maximum Gasteiger partial charge on any atom is 0.337 e. The first kappa shape index (κ1) is 13.3. The van der Waals surface area contributed by atoms with Gasteiger partial charge in [0.05, 0.1) is 5.56 Å². The summed E-state index contributed by atoms with van der Waals surface area (Å²) >= 11 is 0. The molecule has 1 aromatic carbocycles. The highest BCUT2D eigenvalue weighted by Gasteiger charge is 2.12. The quantitative estimate of drug-likeness (QED) is 0.863. The number of anilines is 1. The molecule has 19 heavy (non-hydrogen) atoms. The lowest BCUT2D eigenvalue weighted by molar-refractivity contribution is 0.0698. The van der Waals surface area contributed by atoms with Crippen molar-refractivity contribution in [2.45, 2.75) is 20.3 Å². The third kappa shape index (κ3) is 2.84. The molecule has 2 N–H and O–H groups in total. The largest absolute Gasteiger partial charge is 0.478 e. The van der Waals surface area contributed by atoms with E-state index in [2.05, 4.69) is 24.1 Å². The molecule has 0 fully saturated rings. The number of nitrogens with zero attached hydrogens (tertiary/aromatic N) is 1. The van der Waals surface area contributed by atoms with Crippen LogP contribution in [0, 0.1) is 5.92 Å². The van der Waals surface area contributed by atoms with Gasteiger partial charge in [0.2, 0.25) is 0 Å². The Hall–Kier alpha value is -2.10. The molecule has 0 spiro atoms. The molecule has 0 radical (unpaired) electrons. The summed E-state index contributed by atoms with van der Waals surface area (Å²) in [7, 11) is 0. The van der Waals surface area contributed by atoms with Crippen LogP contribution in [0.25, 0.3) is 10.8 Å². The van der Waals surface area contributed by atoms with Crippen molar-refractivity contribution in [3.05, 3.63) is 36.0 Å². The highest BCUT2D eigenvalue weighted by molar-refractivity contribution is 6.06. The first-order chi connectivity index (χ1) is 9.13. The molecule has 2 rings (SSSR count). The van der Waals surface area contributed by atoms with E-state index in [0.717, 1.165) is 29.6 Å². The molecule has 2 aromatic rings. The lowest BCUT2D eigenvalue weighted by atomic mass is 10.1. The van der Waals surface area contributed by atoms with Crippen LogP contribution in [0.3, 0.4) is 0 Å². The summed E-state index contributed by atoms with van der Waals surface area (Å²) in [6.45, 7) is 5.14. The summed E-state index contributed by atoms with van der Waals surface area (Å²) in [5.41, 5.74) is 0.240. The standard InChI is InChI=1S/C15H18N2O2/c1-3-10(2)8-16-14-12-7-5-4-6-11(12)13(9-17-14)15(18)19/h4-7,9-10H,3,8H2,1-2H3,(H,16,17)(H,18,19). The number of fused-ring (bicyclic) bond motifs is 1. The highest BCUT2D eigenvalue weighted by atomic mass is 16.4. The average Bonchev–Trinajstić information content (AvgIpc) is 2.43. The molecule has 1 aromatic heterocycles. The topological polar surface area (TPSA) is 62.2 Å². The Balaban J connectivity index is 2.41. The van der Waals surface area contributed by atoms with Crippen LogP contribution in [0.5, 0.6) is 0 Å². The van der Waals surface area contributed by atoms with E-state index in [9.17, 15) is 4.79 Å². The summed E-state index contributed by atoms with van der Waals surface area (Å²) in [5, 5.41) is 14.0. The van der Waals surface area contributed by atoms with Gasteiger partial charge in [-0.25, -0.2) is 9.78 Å². The smallest absolute Gasteiger partial charge is 0.337 e. The van der Waals surface area contributed by atoms with Crippen LogP contribution < -0.4 is 5.32 Å². The first-order valence-electron chi connectivity index (χ1n) is 6.48. The number of nitrogens with one attached hydrogen (secondary N) is 1. The summed E-state index contributed by atoms with van der Waals surface area (Å²) in [6.07, 6.45) is 2.52. The fourth-order valence-electron chi connectivity index (χ4n) is 1.92. The number of rotatable bonds is 5. The van der Waals surface area contributed by atoms with Crippen molar-refractivity contribution < 1.29 is 9.90 Å². The van der Waals surface area contributed by atoms with E-state index < -0.39 is 5.97 Å². The molecule has 1 atom stereocenters.